The van der Waals surface area contributed by atoms with E-state index in [1.807, 2.05) is 7.05 Å². The van der Waals surface area contributed by atoms with Gasteiger partial charge in [-0.3, -0.25) is 0 Å². The fourth-order valence-corrected chi connectivity index (χ4v) is 3.51. The molecule has 2 aromatic rings. The number of fused-ring (bicyclic) bond motifs is 1. The standard InChI is InChI=1S/C18H24BNO2S/c1-17(2)18(3,4)22-19(21-17)15(12-20-5)10-13-6-7-14-8-9-23-16(14)11-13/h6-11,20H,12H2,1-5H3. The van der Waals surface area contributed by atoms with Gasteiger partial charge in [0.1, 0.15) is 0 Å². The zero-order valence-electron chi connectivity index (χ0n) is 14.5. The molecular formula is C18H24BNO2S. The monoisotopic (exact) mass is 329 g/mol. The molecule has 0 unspecified atom stereocenters. The van der Waals surface area contributed by atoms with E-state index in [-0.39, 0.29) is 18.3 Å². The molecule has 2 heterocycles. The fourth-order valence-electron chi connectivity index (χ4n) is 2.68. The summed E-state index contributed by atoms with van der Waals surface area (Å²) in [4.78, 5) is 0. The number of hydrogen-bond donors (Lipinski definition) is 1. The molecule has 23 heavy (non-hydrogen) atoms. The molecule has 0 atom stereocenters. The van der Waals surface area contributed by atoms with E-state index >= 15 is 0 Å². The number of nitrogens with one attached hydrogen (secondary N) is 1. The maximum Gasteiger partial charge on any atom is 0.491 e. The van der Waals surface area contributed by atoms with Gasteiger partial charge in [-0.1, -0.05) is 18.2 Å². The minimum Gasteiger partial charge on any atom is -0.400 e. The van der Waals surface area contributed by atoms with Crippen LogP contribution in [0, 0.1) is 0 Å². The summed E-state index contributed by atoms with van der Waals surface area (Å²) < 4.78 is 13.7. The highest BCUT2D eigenvalue weighted by Gasteiger charge is 2.52. The first-order valence-corrected chi connectivity index (χ1v) is 8.88. The molecule has 1 N–H and O–H groups in total. The van der Waals surface area contributed by atoms with Crippen molar-refractivity contribution >= 4 is 34.6 Å². The zero-order valence-corrected chi connectivity index (χ0v) is 15.3. The largest absolute Gasteiger partial charge is 0.491 e. The summed E-state index contributed by atoms with van der Waals surface area (Å²) in [7, 11) is 1.63. The summed E-state index contributed by atoms with van der Waals surface area (Å²) in [5, 5.41) is 6.64. The van der Waals surface area contributed by atoms with Gasteiger partial charge in [-0.25, -0.2) is 0 Å². The third kappa shape index (κ3) is 3.24. The van der Waals surface area contributed by atoms with Crippen LogP contribution in [0.15, 0.2) is 35.1 Å². The molecule has 1 fully saturated rings. The van der Waals surface area contributed by atoms with E-state index < -0.39 is 0 Å². The van der Waals surface area contributed by atoms with E-state index in [1.54, 1.807) is 11.3 Å². The number of rotatable bonds is 4. The van der Waals surface area contributed by atoms with Crippen LogP contribution >= 0.6 is 11.3 Å². The zero-order chi connectivity index (χ0) is 16.7. The van der Waals surface area contributed by atoms with Gasteiger partial charge in [0.15, 0.2) is 0 Å². The van der Waals surface area contributed by atoms with Gasteiger partial charge in [0.2, 0.25) is 0 Å². The minimum absolute atomic E-state index is 0.313. The first kappa shape index (κ1) is 16.7. The van der Waals surface area contributed by atoms with Crippen LogP contribution in [0.25, 0.3) is 16.2 Å². The average Bonchev–Trinajstić information content (AvgIpc) is 3.00. The van der Waals surface area contributed by atoms with E-state index in [1.165, 1.54) is 15.6 Å². The van der Waals surface area contributed by atoms with Crippen molar-refractivity contribution in [2.45, 2.75) is 38.9 Å². The van der Waals surface area contributed by atoms with Gasteiger partial charge in [0, 0.05) is 11.2 Å². The summed E-state index contributed by atoms with van der Waals surface area (Å²) in [5.74, 6) is 0. The molecular weight excluding hydrogens is 305 g/mol. The number of thiophene rings is 1. The van der Waals surface area contributed by atoms with Crippen molar-refractivity contribution in [2.24, 2.45) is 0 Å². The highest BCUT2D eigenvalue weighted by molar-refractivity contribution is 7.17. The molecule has 1 aromatic carbocycles. The Morgan fingerprint density at radius 3 is 2.52 bits per heavy atom. The first-order chi connectivity index (χ1) is 10.8. The SMILES string of the molecule is CNCC(=Cc1ccc2ccsc2c1)B1OC(C)(C)C(C)(C)O1. The molecule has 0 amide bonds. The molecule has 122 valence electrons. The Bertz CT molecular complexity index is 719. The van der Waals surface area contributed by atoms with E-state index in [9.17, 15) is 0 Å². The van der Waals surface area contributed by atoms with Crippen molar-refractivity contribution in [3.05, 3.63) is 40.7 Å². The van der Waals surface area contributed by atoms with Crippen molar-refractivity contribution in [1.29, 1.82) is 0 Å². The normalized spacial score (nSPS) is 20.4. The van der Waals surface area contributed by atoms with Gasteiger partial charge >= 0.3 is 7.12 Å². The maximum atomic E-state index is 6.20. The van der Waals surface area contributed by atoms with E-state index in [2.05, 4.69) is 68.7 Å². The average molecular weight is 329 g/mol. The summed E-state index contributed by atoms with van der Waals surface area (Å²) in [6.45, 7) is 9.08. The predicted octanol–water partition coefficient (Wildman–Crippen LogP) is 4.14. The van der Waals surface area contributed by atoms with Crippen LogP contribution in [0.4, 0.5) is 0 Å². The highest BCUT2D eigenvalue weighted by atomic mass is 32.1. The summed E-state index contributed by atoms with van der Waals surface area (Å²) >= 11 is 1.77. The summed E-state index contributed by atoms with van der Waals surface area (Å²) in [6, 6.07) is 8.69. The fraction of sp³-hybridized carbons (Fsp3) is 0.444. The number of hydrogen-bond acceptors (Lipinski definition) is 4. The minimum atomic E-state index is -0.317. The Labute approximate surface area is 142 Å². The van der Waals surface area contributed by atoms with E-state index in [4.69, 9.17) is 9.31 Å². The second-order valence-corrected chi connectivity index (χ2v) is 8.00. The van der Waals surface area contributed by atoms with Gasteiger partial charge in [0.25, 0.3) is 0 Å². The lowest BCUT2D eigenvalue weighted by atomic mass is 9.77. The van der Waals surface area contributed by atoms with Gasteiger partial charge in [0.05, 0.1) is 11.2 Å². The van der Waals surface area contributed by atoms with Crippen LogP contribution in [0.2, 0.25) is 0 Å². The van der Waals surface area contributed by atoms with Crippen LogP contribution in [-0.2, 0) is 9.31 Å². The molecule has 5 heteroatoms. The van der Waals surface area contributed by atoms with Crippen LogP contribution in [0.1, 0.15) is 33.3 Å². The second kappa shape index (κ2) is 6.06. The van der Waals surface area contributed by atoms with Crippen LogP contribution in [-0.4, -0.2) is 31.9 Å². The quantitative estimate of drug-likeness (QED) is 0.856. The molecule has 1 aromatic heterocycles. The lowest BCUT2D eigenvalue weighted by molar-refractivity contribution is 0.00578. The Morgan fingerprint density at radius 1 is 1.17 bits per heavy atom. The molecule has 1 aliphatic heterocycles. The topological polar surface area (TPSA) is 30.5 Å². The van der Waals surface area contributed by atoms with Crippen molar-refractivity contribution in [3.8, 4) is 0 Å². The van der Waals surface area contributed by atoms with Crippen molar-refractivity contribution < 1.29 is 9.31 Å². The van der Waals surface area contributed by atoms with Gasteiger partial charge in [-0.2, -0.15) is 0 Å². The smallest absolute Gasteiger partial charge is 0.400 e. The Hall–Kier alpha value is -1.14. The molecule has 0 spiro atoms. The van der Waals surface area contributed by atoms with Crippen molar-refractivity contribution in [2.75, 3.05) is 13.6 Å². The summed E-state index contributed by atoms with van der Waals surface area (Å²) in [5.41, 5.74) is 1.66. The van der Waals surface area contributed by atoms with Crippen LogP contribution in [0.3, 0.4) is 0 Å². The van der Waals surface area contributed by atoms with E-state index in [0.717, 1.165) is 12.0 Å². The van der Waals surface area contributed by atoms with Crippen molar-refractivity contribution in [1.82, 2.24) is 5.32 Å². The molecule has 0 bridgehead atoms. The van der Waals surface area contributed by atoms with Gasteiger partial charge in [-0.15, -0.1) is 11.3 Å². The van der Waals surface area contributed by atoms with E-state index in [0.29, 0.717) is 0 Å². The highest BCUT2D eigenvalue weighted by Crippen LogP contribution is 2.38. The maximum absolute atomic E-state index is 6.20. The lowest BCUT2D eigenvalue weighted by Gasteiger charge is -2.32. The molecule has 1 saturated heterocycles. The van der Waals surface area contributed by atoms with Crippen molar-refractivity contribution in [3.63, 3.8) is 0 Å². The van der Waals surface area contributed by atoms with Crippen LogP contribution < -0.4 is 5.32 Å². The molecule has 0 saturated carbocycles. The third-order valence-electron chi connectivity index (χ3n) is 4.77. The van der Waals surface area contributed by atoms with Gasteiger partial charge in [-0.05, 0) is 68.7 Å². The molecule has 3 rings (SSSR count). The van der Waals surface area contributed by atoms with Crippen LogP contribution in [0.5, 0.6) is 0 Å². The molecule has 3 nitrogen and oxygen atoms in total. The number of likely N-dealkylation sites (N-methyl/N-ethyl adjacent to an activating group) is 1. The Morgan fingerprint density at radius 2 is 1.87 bits per heavy atom. The third-order valence-corrected chi connectivity index (χ3v) is 5.65. The molecule has 0 aliphatic carbocycles. The predicted molar refractivity (Wildman–Crippen MR) is 99.8 cm³/mol. The Balaban J connectivity index is 1.92. The molecule has 0 radical (unpaired) electrons. The lowest BCUT2D eigenvalue weighted by Crippen LogP contribution is -2.41. The number of benzene rings is 1. The second-order valence-electron chi connectivity index (χ2n) is 7.06. The Kier molecular flexibility index (Phi) is 4.40. The first-order valence-electron chi connectivity index (χ1n) is 8.00. The van der Waals surface area contributed by atoms with Gasteiger partial charge < -0.3 is 14.6 Å². The summed E-state index contributed by atoms with van der Waals surface area (Å²) in [6.07, 6.45) is 2.18. The molecule has 1 aliphatic rings.